The van der Waals surface area contributed by atoms with E-state index in [9.17, 15) is 14.0 Å². The molecular formula is C20H16FN3O4S. The third-order valence-electron chi connectivity index (χ3n) is 3.67. The van der Waals surface area contributed by atoms with E-state index in [0.29, 0.717) is 11.3 Å². The quantitative estimate of drug-likeness (QED) is 0.340. The highest BCUT2D eigenvalue weighted by molar-refractivity contribution is 8.18. The molecule has 3 rings (SSSR count). The largest absolute Gasteiger partial charge is 0.488 e. The van der Waals surface area contributed by atoms with Crippen LogP contribution in [-0.2, 0) is 20.9 Å². The number of methoxy groups -OCH3 is 1. The van der Waals surface area contributed by atoms with Gasteiger partial charge in [-0.25, -0.2) is 9.18 Å². The molecule has 0 saturated carbocycles. The Morgan fingerprint density at radius 2 is 1.97 bits per heavy atom. The maximum Gasteiger partial charge on any atom is 0.331 e. The average Bonchev–Trinajstić information content (AvgIpc) is 3.07. The van der Waals surface area contributed by atoms with Gasteiger partial charge in [0.2, 0.25) is 0 Å². The maximum absolute atomic E-state index is 13.0. The van der Waals surface area contributed by atoms with Gasteiger partial charge in [0.1, 0.15) is 18.2 Å². The van der Waals surface area contributed by atoms with Crippen LogP contribution >= 0.6 is 11.8 Å². The number of nitrogens with one attached hydrogen (secondary N) is 1. The molecule has 0 spiro atoms. The van der Waals surface area contributed by atoms with Crippen LogP contribution < -0.4 is 10.1 Å². The second kappa shape index (κ2) is 9.65. The van der Waals surface area contributed by atoms with Crippen molar-refractivity contribution in [1.29, 1.82) is 0 Å². The van der Waals surface area contributed by atoms with E-state index in [2.05, 4.69) is 20.3 Å². The molecular weight excluding hydrogens is 397 g/mol. The van der Waals surface area contributed by atoms with Crippen molar-refractivity contribution < 1.29 is 23.5 Å². The van der Waals surface area contributed by atoms with Crippen molar-refractivity contribution >= 4 is 35.0 Å². The van der Waals surface area contributed by atoms with Crippen LogP contribution in [0.15, 0.2) is 69.7 Å². The number of halogens is 1. The Morgan fingerprint density at radius 3 is 2.72 bits per heavy atom. The van der Waals surface area contributed by atoms with Gasteiger partial charge in [0.15, 0.2) is 5.17 Å². The molecule has 1 fully saturated rings. The minimum Gasteiger partial charge on any atom is -0.488 e. The van der Waals surface area contributed by atoms with Crippen LogP contribution in [0.1, 0.15) is 11.1 Å². The number of thioether (sulfide) groups is 1. The van der Waals surface area contributed by atoms with E-state index in [0.717, 1.165) is 23.4 Å². The van der Waals surface area contributed by atoms with E-state index in [4.69, 9.17) is 4.74 Å². The number of amides is 1. The smallest absolute Gasteiger partial charge is 0.331 e. The van der Waals surface area contributed by atoms with E-state index in [1.807, 2.05) is 12.1 Å². The van der Waals surface area contributed by atoms with Crippen molar-refractivity contribution in [2.24, 2.45) is 10.2 Å². The van der Waals surface area contributed by atoms with Gasteiger partial charge in [0.25, 0.3) is 5.91 Å². The zero-order valence-electron chi connectivity index (χ0n) is 15.3. The molecule has 0 atom stereocenters. The topological polar surface area (TPSA) is 89.3 Å². The molecule has 2 aromatic carbocycles. The molecule has 1 N–H and O–H groups in total. The van der Waals surface area contributed by atoms with Crippen molar-refractivity contribution in [3.63, 3.8) is 0 Å². The Hall–Kier alpha value is -3.46. The van der Waals surface area contributed by atoms with E-state index in [-0.39, 0.29) is 22.5 Å². The molecule has 9 heteroatoms. The molecule has 2 aromatic rings. The van der Waals surface area contributed by atoms with E-state index in [1.165, 1.54) is 25.5 Å². The van der Waals surface area contributed by atoms with Gasteiger partial charge in [0.05, 0.1) is 18.2 Å². The van der Waals surface area contributed by atoms with E-state index in [1.54, 1.807) is 24.3 Å². The second-order valence-corrected chi connectivity index (χ2v) is 6.72. The predicted molar refractivity (Wildman–Crippen MR) is 108 cm³/mol. The van der Waals surface area contributed by atoms with Crippen LogP contribution in [0.4, 0.5) is 4.39 Å². The summed E-state index contributed by atoms with van der Waals surface area (Å²) in [5, 5.41) is 10.7. The van der Waals surface area contributed by atoms with Crippen LogP contribution in [-0.4, -0.2) is 30.4 Å². The van der Waals surface area contributed by atoms with Crippen molar-refractivity contribution in [3.05, 3.63) is 76.5 Å². The van der Waals surface area contributed by atoms with Crippen LogP contribution in [0, 0.1) is 5.82 Å². The molecule has 1 heterocycles. The first kappa shape index (κ1) is 20.3. The third kappa shape index (κ3) is 5.76. The Bertz CT molecular complexity index is 1000. The zero-order chi connectivity index (χ0) is 20.6. The number of esters is 1. The van der Waals surface area contributed by atoms with Gasteiger partial charge in [-0.15, -0.1) is 5.10 Å². The first-order chi connectivity index (χ1) is 14.0. The van der Waals surface area contributed by atoms with Crippen LogP contribution in [0.2, 0.25) is 0 Å². The third-order valence-corrected chi connectivity index (χ3v) is 4.57. The SMILES string of the molecule is COC(=O)/C=C1/S/C(=N\N=Cc2ccccc2OCc2ccc(F)cc2)NC1=O. The van der Waals surface area contributed by atoms with Gasteiger partial charge in [-0.3, -0.25) is 10.1 Å². The fourth-order valence-corrected chi connectivity index (χ4v) is 2.98. The van der Waals surface area contributed by atoms with E-state index < -0.39 is 11.9 Å². The molecule has 0 aliphatic carbocycles. The molecule has 0 unspecified atom stereocenters. The fourth-order valence-electron chi connectivity index (χ4n) is 2.24. The van der Waals surface area contributed by atoms with Gasteiger partial charge in [-0.1, -0.05) is 24.3 Å². The van der Waals surface area contributed by atoms with Crippen molar-refractivity contribution in [2.75, 3.05) is 7.11 Å². The number of para-hydroxylation sites is 1. The number of amidine groups is 1. The monoisotopic (exact) mass is 413 g/mol. The molecule has 0 aromatic heterocycles. The first-order valence-corrected chi connectivity index (χ1v) is 9.23. The summed E-state index contributed by atoms with van der Waals surface area (Å²) in [6.07, 6.45) is 2.58. The number of carbonyl (C=O) groups excluding carboxylic acids is 2. The molecule has 7 nitrogen and oxygen atoms in total. The highest BCUT2D eigenvalue weighted by Gasteiger charge is 2.25. The Kier molecular flexibility index (Phi) is 6.75. The number of ether oxygens (including phenoxy) is 2. The number of hydrogen-bond donors (Lipinski definition) is 1. The Morgan fingerprint density at radius 1 is 1.21 bits per heavy atom. The molecule has 1 aliphatic rings. The highest BCUT2D eigenvalue weighted by Crippen LogP contribution is 2.23. The number of rotatable bonds is 6. The lowest BCUT2D eigenvalue weighted by atomic mass is 10.2. The second-order valence-electron chi connectivity index (χ2n) is 5.69. The number of nitrogens with zero attached hydrogens (tertiary/aromatic N) is 2. The Labute approximate surface area is 170 Å². The summed E-state index contributed by atoms with van der Waals surface area (Å²) in [7, 11) is 1.23. The molecule has 29 heavy (non-hydrogen) atoms. The van der Waals surface area contributed by atoms with Gasteiger partial charge in [-0.05, 0) is 41.6 Å². The number of benzene rings is 2. The lowest BCUT2D eigenvalue weighted by Gasteiger charge is -2.08. The van der Waals surface area contributed by atoms with Crippen molar-refractivity contribution in [2.45, 2.75) is 6.61 Å². The fraction of sp³-hybridized carbons (Fsp3) is 0.100. The van der Waals surface area contributed by atoms with Crippen molar-refractivity contribution in [3.8, 4) is 5.75 Å². The summed E-state index contributed by atoms with van der Waals surface area (Å²) in [5.74, 6) is -0.797. The molecule has 148 valence electrons. The Balaban J connectivity index is 1.66. The summed E-state index contributed by atoms with van der Waals surface area (Å²) in [5.41, 5.74) is 1.51. The first-order valence-electron chi connectivity index (χ1n) is 8.41. The summed E-state index contributed by atoms with van der Waals surface area (Å²) in [6, 6.07) is 13.3. The van der Waals surface area contributed by atoms with Crippen LogP contribution in [0.25, 0.3) is 0 Å². The van der Waals surface area contributed by atoms with E-state index >= 15 is 0 Å². The number of hydrogen-bond acceptors (Lipinski definition) is 7. The van der Waals surface area contributed by atoms with Gasteiger partial charge in [-0.2, -0.15) is 5.10 Å². The summed E-state index contributed by atoms with van der Waals surface area (Å²) < 4.78 is 23.3. The lowest BCUT2D eigenvalue weighted by Crippen LogP contribution is -2.19. The number of carbonyl (C=O) groups is 2. The minimum absolute atomic E-state index is 0.175. The molecule has 1 amide bonds. The summed E-state index contributed by atoms with van der Waals surface area (Å²) in [6.45, 7) is 0.271. The van der Waals surface area contributed by atoms with Gasteiger partial charge in [0, 0.05) is 11.6 Å². The van der Waals surface area contributed by atoms with Crippen LogP contribution in [0.5, 0.6) is 5.75 Å². The van der Waals surface area contributed by atoms with Crippen LogP contribution in [0.3, 0.4) is 0 Å². The lowest BCUT2D eigenvalue weighted by molar-refractivity contribution is -0.135. The average molecular weight is 413 g/mol. The van der Waals surface area contributed by atoms with Crippen molar-refractivity contribution in [1.82, 2.24) is 5.32 Å². The standard InChI is InChI=1S/C20H16FN3O4S/c1-27-18(25)10-17-19(26)23-20(29-17)24-22-11-14-4-2-3-5-16(14)28-12-13-6-8-15(21)9-7-13/h2-11H,12H2,1H3,(H,23,24,26)/b17-10+,22-11?. The summed E-state index contributed by atoms with van der Waals surface area (Å²) >= 11 is 0.984. The molecule has 0 bridgehead atoms. The molecule has 0 radical (unpaired) electrons. The van der Waals surface area contributed by atoms with Gasteiger partial charge >= 0.3 is 5.97 Å². The zero-order valence-corrected chi connectivity index (χ0v) is 16.1. The van der Waals surface area contributed by atoms with Gasteiger partial charge < -0.3 is 9.47 Å². The summed E-state index contributed by atoms with van der Waals surface area (Å²) in [4.78, 5) is 23.2. The normalized spacial score (nSPS) is 16.4. The molecule has 1 aliphatic heterocycles. The minimum atomic E-state index is -0.625. The predicted octanol–water partition coefficient (Wildman–Crippen LogP) is 3.01. The maximum atomic E-state index is 13.0. The molecule has 1 saturated heterocycles. The highest BCUT2D eigenvalue weighted by atomic mass is 32.2.